The molecule has 0 bridgehead atoms. The van der Waals surface area contributed by atoms with Gasteiger partial charge in [0.1, 0.15) is 5.69 Å². The van der Waals surface area contributed by atoms with Crippen LogP contribution in [0.5, 0.6) is 0 Å². The van der Waals surface area contributed by atoms with Gasteiger partial charge in [-0.3, -0.25) is 0 Å². The number of aryl methyl sites for hydroxylation is 1. The Bertz CT molecular complexity index is 465. The molecule has 1 aromatic heterocycles. The number of aromatic nitrogens is 1. The Balaban J connectivity index is 2.46. The number of piperazine rings is 1. The summed E-state index contributed by atoms with van der Waals surface area (Å²) in [5.74, 6) is 0. The molecular weight excluding hydrogens is 267 g/mol. The first-order valence-corrected chi connectivity index (χ1v) is 6.97. The van der Waals surface area contributed by atoms with E-state index in [4.69, 9.17) is 0 Å². The number of hydrogen-bond donors (Lipinski definition) is 1. The number of anilines is 1. The first-order chi connectivity index (χ1) is 9.43. The van der Waals surface area contributed by atoms with Crippen LogP contribution in [-0.2, 0) is 12.6 Å². The molecule has 1 fully saturated rings. The SMILES string of the molecule is CCCc1c(N2CCNCC2)cc(C(F)(F)F)nc1C. The largest absolute Gasteiger partial charge is 0.433 e. The Morgan fingerprint density at radius 2 is 1.95 bits per heavy atom. The lowest BCUT2D eigenvalue weighted by Crippen LogP contribution is -2.44. The normalized spacial score (nSPS) is 16.6. The number of hydrogen-bond acceptors (Lipinski definition) is 3. The number of pyridine rings is 1. The lowest BCUT2D eigenvalue weighted by Gasteiger charge is -2.32. The molecule has 0 atom stereocenters. The van der Waals surface area contributed by atoms with Crippen molar-refractivity contribution in [1.82, 2.24) is 10.3 Å². The molecule has 2 rings (SSSR count). The van der Waals surface area contributed by atoms with Crippen molar-refractivity contribution in [2.24, 2.45) is 0 Å². The molecule has 0 unspecified atom stereocenters. The van der Waals surface area contributed by atoms with E-state index in [1.165, 1.54) is 6.07 Å². The van der Waals surface area contributed by atoms with Crippen LogP contribution in [0.3, 0.4) is 0 Å². The second-order valence-corrected chi connectivity index (χ2v) is 5.08. The maximum Gasteiger partial charge on any atom is 0.433 e. The molecule has 1 N–H and O–H groups in total. The van der Waals surface area contributed by atoms with Gasteiger partial charge < -0.3 is 10.2 Å². The van der Waals surface area contributed by atoms with Gasteiger partial charge in [0.15, 0.2) is 0 Å². The number of rotatable bonds is 3. The minimum atomic E-state index is -4.39. The quantitative estimate of drug-likeness (QED) is 0.926. The molecule has 0 amide bonds. The van der Waals surface area contributed by atoms with Crippen LogP contribution in [0, 0.1) is 6.92 Å². The highest BCUT2D eigenvalue weighted by molar-refractivity contribution is 5.57. The molecule has 20 heavy (non-hydrogen) atoms. The van der Waals surface area contributed by atoms with Crippen LogP contribution in [-0.4, -0.2) is 31.2 Å². The maximum absolute atomic E-state index is 12.9. The smallest absolute Gasteiger partial charge is 0.369 e. The minimum absolute atomic E-state index is 0.496. The summed E-state index contributed by atoms with van der Waals surface area (Å²) < 4.78 is 38.8. The third kappa shape index (κ3) is 3.23. The molecule has 1 aliphatic heterocycles. The van der Waals surface area contributed by atoms with E-state index in [1.807, 2.05) is 11.8 Å². The summed E-state index contributed by atoms with van der Waals surface area (Å²) in [5.41, 5.74) is 1.36. The average molecular weight is 287 g/mol. The van der Waals surface area contributed by atoms with Gasteiger partial charge in [0.2, 0.25) is 0 Å². The molecule has 6 heteroatoms. The first kappa shape index (κ1) is 15.1. The highest BCUT2D eigenvalue weighted by Gasteiger charge is 2.34. The summed E-state index contributed by atoms with van der Waals surface area (Å²) in [7, 11) is 0. The highest BCUT2D eigenvalue weighted by Crippen LogP contribution is 2.33. The Labute approximate surface area is 117 Å². The van der Waals surface area contributed by atoms with Crippen molar-refractivity contribution in [2.45, 2.75) is 32.9 Å². The van der Waals surface area contributed by atoms with E-state index >= 15 is 0 Å². The van der Waals surface area contributed by atoms with Gasteiger partial charge in [0, 0.05) is 37.6 Å². The fourth-order valence-electron chi connectivity index (χ4n) is 2.57. The van der Waals surface area contributed by atoms with Crippen molar-refractivity contribution >= 4 is 5.69 Å². The van der Waals surface area contributed by atoms with Gasteiger partial charge in [-0.1, -0.05) is 13.3 Å². The predicted molar refractivity (Wildman–Crippen MR) is 73.1 cm³/mol. The van der Waals surface area contributed by atoms with Crippen LogP contribution in [0.4, 0.5) is 18.9 Å². The Morgan fingerprint density at radius 1 is 1.30 bits per heavy atom. The second-order valence-electron chi connectivity index (χ2n) is 5.08. The topological polar surface area (TPSA) is 28.2 Å². The zero-order valence-electron chi connectivity index (χ0n) is 11.8. The number of halogens is 3. The standard InChI is InChI=1S/C14H20F3N3/c1-3-4-11-10(2)19-13(14(15,16)17)9-12(11)20-7-5-18-6-8-20/h9,18H,3-8H2,1-2H3. The lowest BCUT2D eigenvalue weighted by molar-refractivity contribution is -0.141. The van der Waals surface area contributed by atoms with Gasteiger partial charge in [-0.25, -0.2) is 4.98 Å². The summed E-state index contributed by atoms with van der Waals surface area (Å²) in [6.07, 6.45) is -2.73. The monoisotopic (exact) mass is 287 g/mol. The van der Waals surface area contributed by atoms with Gasteiger partial charge in [-0.05, 0) is 25.0 Å². The third-order valence-corrected chi connectivity index (χ3v) is 3.56. The van der Waals surface area contributed by atoms with Gasteiger partial charge in [-0.2, -0.15) is 13.2 Å². The number of nitrogens with zero attached hydrogens (tertiary/aromatic N) is 2. The van der Waals surface area contributed by atoms with Crippen molar-refractivity contribution in [1.29, 1.82) is 0 Å². The van der Waals surface area contributed by atoms with Crippen molar-refractivity contribution in [3.05, 3.63) is 23.0 Å². The Kier molecular flexibility index (Phi) is 4.52. The highest BCUT2D eigenvalue weighted by atomic mass is 19.4. The van der Waals surface area contributed by atoms with Crippen molar-refractivity contribution < 1.29 is 13.2 Å². The van der Waals surface area contributed by atoms with Crippen LogP contribution in [0.2, 0.25) is 0 Å². The number of nitrogens with one attached hydrogen (secondary N) is 1. The minimum Gasteiger partial charge on any atom is -0.369 e. The van der Waals surface area contributed by atoms with E-state index < -0.39 is 11.9 Å². The molecule has 0 radical (unpaired) electrons. The summed E-state index contributed by atoms with van der Waals surface area (Å²) in [4.78, 5) is 5.78. The molecule has 3 nitrogen and oxygen atoms in total. The zero-order chi connectivity index (χ0) is 14.8. The van der Waals surface area contributed by atoms with Crippen molar-refractivity contribution in [2.75, 3.05) is 31.1 Å². The Hall–Kier alpha value is -1.30. The predicted octanol–water partition coefficient (Wildman–Crippen LogP) is 2.77. The zero-order valence-corrected chi connectivity index (χ0v) is 11.8. The van der Waals surface area contributed by atoms with E-state index in [9.17, 15) is 13.2 Å². The van der Waals surface area contributed by atoms with Crippen LogP contribution in [0.25, 0.3) is 0 Å². The van der Waals surface area contributed by atoms with E-state index in [1.54, 1.807) is 6.92 Å². The summed E-state index contributed by atoms with van der Waals surface area (Å²) in [6.45, 7) is 6.77. The molecule has 2 heterocycles. The molecule has 0 aromatic carbocycles. The molecule has 0 aliphatic carbocycles. The molecular formula is C14H20F3N3. The third-order valence-electron chi connectivity index (χ3n) is 3.56. The van der Waals surface area contributed by atoms with E-state index in [0.717, 1.165) is 44.6 Å². The van der Waals surface area contributed by atoms with Gasteiger partial charge in [-0.15, -0.1) is 0 Å². The number of alkyl halides is 3. The fourth-order valence-corrected chi connectivity index (χ4v) is 2.57. The molecule has 0 saturated carbocycles. The maximum atomic E-state index is 12.9. The van der Waals surface area contributed by atoms with E-state index in [-0.39, 0.29) is 0 Å². The van der Waals surface area contributed by atoms with Crippen LogP contribution in [0.15, 0.2) is 6.07 Å². The summed E-state index contributed by atoms with van der Waals surface area (Å²) in [5, 5.41) is 3.22. The Morgan fingerprint density at radius 3 is 2.50 bits per heavy atom. The van der Waals surface area contributed by atoms with E-state index in [0.29, 0.717) is 11.4 Å². The summed E-state index contributed by atoms with van der Waals surface area (Å²) >= 11 is 0. The van der Waals surface area contributed by atoms with Crippen LogP contribution < -0.4 is 10.2 Å². The molecule has 1 saturated heterocycles. The average Bonchev–Trinajstić information content (AvgIpc) is 2.41. The van der Waals surface area contributed by atoms with E-state index in [2.05, 4.69) is 10.3 Å². The van der Waals surface area contributed by atoms with Crippen LogP contribution in [0.1, 0.15) is 30.3 Å². The molecule has 0 spiro atoms. The van der Waals surface area contributed by atoms with Crippen molar-refractivity contribution in [3.63, 3.8) is 0 Å². The first-order valence-electron chi connectivity index (χ1n) is 6.97. The molecule has 1 aromatic rings. The van der Waals surface area contributed by atoms with Gasteiger partial charge >= 0.3 is 6.18 Å². The van der Waals surface area contributed by atoms with Gasteiger partial charge in [0.25, 0.3) is 0 Å². The molecule has 1 aliphatic rings. The second kappa shape index (κ2) is 5.99. The fraction of sp³-hybridized carbons (Fsp3) is 0.643. The summed E-state index contributed by atoms with van der Waals surface area (Å²) in [6, 6.07) is 1.21. The lowest BCUT2D eigenvalue weighted by atomic mass is 10.0. The van der Waals surface area contributed by atoms with Crippen molar-refractivity contribution in [3.8, 4) is 0 Å². The molecule has 112 valence electrons. The van der Waals surface area contributed by atoms with Gasteiger partial charge in [0.05, 0.1) is 0 Å². The van der Waals surface area contributed by atoms with Crippen LogP contribution >= 0.6 is 0 Å².